The molecule has 152 valence electrons. The molecule has 1 heterocycles. The molecule has 2 aliphatic rings. The van der Waals surface area contributed by atoms with Gasteiger partial charge in [0.15, 0.2) is 5.96 Å². The Morgan fingerprint density at radius 2 is 1.67 bits per heavy atom. The van der Waals surface area contributed by atoms with Crippen LogP contribution in [0.2, 0.25) is 0 Å². The van der Waals surface area contributed by atoms with Gasteiger partial charge in [-0.05, 0) is 51.5 Å². The zero-order chi connectivity index (χ0) is 18.4. The van der Waals surface area contributed by atoms with Crippen molar-refractivity contribution in [2.75, 3.05) is 26.7 Å². The highest BCUT2D eigenvalue weighted by atomic mass is 127. The van der Waals surface area contributed by atoms with E-state index in [-0.39, 0.29) is 24.0 Å². The predicted octanol–water partition coefficient (Wildman–Crippen LogP) is 4.04. The van der Waals surface area contributed by atoms with Gasteiger partial charge in [0.2, 0.25) is 0 Å². The third kappa shape index (κ3) is 6.93. The van der Waals surface area contributed by atoms with Crippen molar-refractivity contribution in [3.8, 4) is 0 Å². The smallest absolute Gasteiger partial charge is 0.191 e. The van der Waals surface area contributed by atoms with E-state index >= 15 is 0 Å². The second-order valence-corrected chi connectivity index (χ2v) is 8.14. The SMILES string of the molecule is CN=C(NCCc1cc(C)cc(C)c1)NC1CCN(C2CCCC2)CC1.I. The largest absolute Gasteiger partial charge is 0.356 e. The molecule has 3 rings (SSSR count). The van der Waals surface area contributed by atoms with Gasteiger partial charge in [0.05, 0.1) is 0 Å². The molecule has 1 aromatic rings. The quantitative estimate of drug-likeness (QED) is 0.377. The molecule has 5 heteroatoms. The highest BCUT2D eigenvalue weighted by molar-refractivity contribution is 14.0. The molecule has 0 aromatic heterocycles. The molecule has 1 saturated carbocycles. The summed E-state index contributed by atoms with van der Waals surface area (Å²) >= 11 is 0. The minimum Gasteiger partial charge on any atom is -0.356 e. The summed E-state index contributed by atoms with van der Waals surface area (Å²) in [5.74, 6) is 0.952. The molecule has 27 heavy (non-hydrogen) atoms. The highest BCUT2D eigenvalue weighted by Gasteiger charge is 2.27. The maximum Gasteiger partial charge on any atom is 0.191 e. The lowest BCUT2D eigenvalue weighted by Crippen LogP contribution is -2.50. The lowest BCUT2D eigenvalue weighted by Gasteiger charge is -2.36. The molecule has 4 nitrogen and oxygen atoms in total. The number of benzene rings is 1. The van der Waals surface area contributed by atoms with Crippen molar-refractivity contribution >= 4 is 29.9 Å². The van der Waals surface area contributed by atoms with Crippen LogP contribution >= 0.6 is 24.0 Å². The zero-order valence-electron chi connectivity index (χ0n) is 17.3. The van der Waals surface area contributed by atoms with Gasteiger partial charge in [-0.25, -0.2) is 0 Å². The average molecular weight is 484 g/mol. The number of hydrogen-bond acceptors (Lipinski definition) is 2. The average Bonchev–Trinajstić information content (AvgIpc) is 3.15. The summed E-state index contributed by atoms with van der Waals surface area (Å²) in [7, 11) is 1.87. The summed E-state index contributed by atoms with van der Waals surface area (Å²) in [6.07, 6.45) is 9.19. The Morgan fingerprint density at radius 3 is 2.26 bits per heavy atom. The lowest BCUT2D eigenvalue weighted by molar-refractivity contribution is 0.150. The van der Waals surface area contributed by atoms with Gasteiger partial charge >= 0.3 is 0 Å². The molecule has 0 bridgehead atoms. The maximum absolute atomic E-state index is 4.43. The summed E-state index contributed by atoms with van der Waals surface area (Å²) in [6.45, 7) is 7.73. The van der Waals surface area contributed by atoms with Crippen molar-refractivity contribution in [1.82, 2.24) is 15.5 Å². The number of aryl methyl sites for hydroxylation is 2. The summed E-state index contributed by atoms with van der Waals surface area (Å²) in [4.78, 5) is 7.15. The number of piperidine rings is 1. The molecule has 1 saturated heterocycles. The van der Waals surface area contributed by atoms with E-state index in [1.807, 2.05) is 7.05 Å². The highest BCUT2D eigenvalue weighted by Crippen LogP contribution is 2.26. The Hall–Kier alpha value is -0.820. The second kappa shape index (κ2) is 11.2. The molecular weight excluding hydrogens is 447 g/mol. The van der Waals surface area contributed by atoms with Gasteiger partial charge in [-0.1, -0.05) is 42.2 Å². The maximum atomic E-state index is 4.43. The summed E-state index contributed by atoms with van der Waals surface area (Å²) in [5.41, 5.74) is 4.09. The number of guanidine groups is 1. The molecule has 1 aliphatic heterocycles. The molecular formula is C22H37IN4. The topological polar surface area (TPSA) is 39.7 Å². The van der Waals surface area contributed by atoms with Gasteiger partial charge < -0.3 is 15.5 Å². The number of halogens is 1. The fourth-order valence-electron chi connectivity index (χ4n) is 4.60. The number of nitrogens with zero attached hydrogens (tertiary/aromatic N) is 2. The molecule has 0 unspecified atom stereocenters. The lowest BCUT2D eigenvalue weighted by atomic mass is 10.0. The standard InChI is InChI=1S/C22H36N4.HI/c1-17-14-18(2)16-19(15-17)8-11-24-22(23-3)25-20-9-12-26(13-10-20)21-6-4-5-7-21;/h14-16,20-21H,4-13H2,1-3H3,(H2,23,24,25);1H. The molecule has 0 atom stereocenters. The fourth-order valence-corrected chi connectivity index (χ4v) is 4.60. The van der Waals surface area contributed by atoms with E-state index in [0.29, 0.717) is 6.04 Å². The van der Waals surface area contributed by atoms with Gasteiger partial charge in [0, 0.05) is 38.8 Å². The Labute approximate surface area is 182 Å². The minimum atomic E-state index is 0. The van der Waals surface area contributed by atoms with Crippen LogP contribution in [0.15, 0.2) is 23.2 Å². The van der Waals surface area contributed by atoms with Crippen LogP contribution in [0.1, 0.15) is 55.2 Å². The second-order valence-electron chi connectivity index (χ2n) is 8.14. The normalized spacial score (nSPS) is 19.7. The molecule has 0 amide bonds. The van der Waals surface area contributed by atoms with Crippen molar-refractivity contribution in [3.05, 3.63) is 34.9 Å². The Bertz CT molecular complexity index is 582. The van der Waals surface area contributed by atoms with Gasteiger partial charge in [-0.15, -0.1) is 24.0 Å². The first-order chi connectivity index (χ1) is 12.6. The van der Waals surface area contributed by atoms with Crippen LogP contribution in [0.3, 0.4) is 0 Å². The summed E-state index contributed by atoms with van der Waals surface area (Å²) in [6, 6.07) is 8.22. The predicted molar refractivity (Wildman–Crippen MR) is 126 cm³/mol. The Morgan fingerprint density at radius 1 is 1.04 bits per heavy atom. The van der Waals surface area contributed by atoms with E-state index in [2.05, 4.69) is 52.6 Å². The van der Waals surface area contributed by atoms with Crippen molar-refractivity contribution in [1.29, 1.82) is 0 Å². The number of rotatable bonds is 5. The number of hydrogen-bond donors (Lipinski definition) is 2. The van der Waals surface area contributed by atoms with Crippen LogP contribution < -0.4 is 10.6 Å². The van der Waals surface area contributed by atoms with Crippen LogP contribution in [0.5, 0.6) is 0 Å². The minimum absolute atomic E-state index is 0. The van der Waals surface area contributed by atoms with Crippen molar-refractivity contribution in [2.45, 2.75) is 70.9 Å². The van der Waals surface area contributed by atoms with Crippen LogP contribution in [0, 0.1) is 13.8 Å². The van der Waals surface area contributed by atoms with E-state index in [1.165, 1.54) is 68.3 Å². The van der Waals surface area contributed by atoms with Crippen molar-refractivity contribution in [2.24, 2.45) is 4.99 Å². The third-order valence-corrected chi connectivity index (χ3v) is 5.92. The fraction of sp³-hybridized carbons (Fsp3) is 0.682. The van der Waals surface area contributed by atoms with Gasteiger partial charge in [0.1, 0.15) is 0 Å². The van der Waals surface area contributed by atoms with Crippen LogP contribution in [-0.2, 0) is 6.42 Å². The molecule has 1 aromatic carbocycles. The van der Waals surface area contributed by atoms with E-state index in [0.717, 1.165) is 25.0 Å². The monoisotopic (exact) mass is 484 g/mol. The third-order valence-electron chi connectivity index (χ3n) is 5.92. The first-order valence-corrected chi connectivity index (χ1v) is 10.4. The Balaban J connectivity index is 0.00000261. The molecule has 2 N–H and O–H groups in total. The van der Waals surface area contributed by atoms with Crippen molar-refractivity contribution < 1.29 is 0 Å². The summed E-state index contributed by atoms with van der Waals surface area (Å²) < 4.78 is 0. The molecule has 0 spiro atoms. The zero-order valence-corrected chi connectivity index (χ0v) is 19.6. The molecule has 2 fully saturated rings. The van der Waals surface area contributed by atoms with Gasteiger partial charge in [-0.2, -0.15) is 0 Å². The van der Waals surface area contributed by atoms with E-state index < -0.39 is 0 Å². The van der Waals surface area contributed by atoms with E-state index in [9.17, 15) is 0 Å². The Kier molecular flexibility index (Phi) is 9.36. The van der Waals surface area contributed by atoms with Crippen LogP contribution in [0.25, 0.3) is 0 Å². The van der Waals surface area contributed by atoms with Gasteiger partial charge in [-0.3, -0.25) is 4.99 Å². The van der Waals surface area contributed by atoms with Crippen LogP contribution in [0.4, 0.5) is 0 Å². The van der Waals surface area contributed by atoms with Gasteiger partial charge in [0.25, 0.3) is 0 Å². The van der Waals surface area contributed by atoms with Crippen LogP contribution in [-0.4, -0.2) is 49.6 Å². The summed E-state index contributed by atoms with van der Waals surface area (Å²) in [5, 5.41) is 7.13. The number of nitrogens with one attached hydrogen (secondary N) is 2. The first-order valence-electron chi connectivity index (χ1n) is 10.4. The van der Waals surface area contributed by atoms with Crippen molar-refractivity contribution in [3.63, 3.8) is 0 Å². The molecule has 1 aliphatic carbocycles. The first kappa shape index (κ1) is 22.5. The van der Waals surface area contributed by atoms with E-state index in [1.54, 1.807) is 0 Å². The number of likely N-dealkylation sites (tertiary alicyclic amines) is 1. The van der Waals surface area contributed by atoms with E-state index in [4.69, 9.17) is 0 Å². The number of aliphatic imine (C=N–C) groups is 1. The molecule has 0 radical (unpaired) electrons.